The summed E-state index contributed by atoms with van der Waals surface area (Å²) >= 11 is 2.66. The Kier molecular flexibility index (Phi) is 3.59. The van der Waals surface area contributed by atoms with Crippen LogP contribution in [0, 0.1) is 0 Å². The fourth-order valence-corrected chi connectivity index (χ4v) is 3.46. The van der Waals surface area contributed by atoms with E-state index in [9.17, 15) is 9.59 Å². The number of nitrogens with one attached hydrogen (secondary N) is 2. The van der Waals surface area contributed by atoms with Gasteiger partial charge in [0, 0.05) is 17.2 Å². The van der Waals surface area contributed by atoms with Gasteiger partial charge < -0.3 is 0 Å². The second-order valence-corrected chi connectivity index (χ2v) is 6.12. The zero-order valence-electron chi connectivity index (χ0n) is 10.3. The SMILES string of the molecule is NNC(=O)c1nc(CSc2n[nH]c(=O)n2C2CC2)cs1. The molecule has 2 aromatic heterocycles. The highest BCUT2D eigenvalue weighted by molar-refractivity contribution is 7.98. The van der Waals surface area contributed by atoms with Gasteiger partial charge in [0.25, 0.3) is 5.91 Å². The van der Waals surface area contributed by atoms with Gasteiger partial charge in [-0.3, -0.25) is 14.8 Å². The average Bonchev–Trinajstić information content (AvgIpc) is 3.05. The van der Waals surface area contributed by atoms with Gasteiger partial charge in [0.05, 0.1) is 5.69 Å². The van der Waals surface area contributed by atoms with Gasteiger partial charge in [0.15, 0.2) is 10.2 Å². The molecular formula is C10H12N6O2S2. The van der Waals surface area contributed by atoms with E-state index in [-0.39, 0.29) is 11.7 Å². The van der Waals surface area contributed by atoms with Gasteiger partial charge in [0.1, 0.15) is 0 Å². The highest BCUT2D eigenvalue weighted by Gasteiger charge is 2.28. The Morgan fingerprint density at radius 1 is 1.65 bits per heavy atom. The van der Waals surface area contributed by atoms with Crippen molar-refractivity contribution in [1.82, 2.24) is 25.2 Å². The zero-order valence-corrected chi connectivity index (χ0v) is 12.0. The van der Waals surface area contributed by atoms with Crippen molar-refractivity contribution >= 4 is 29.0 Å². The summed E-state index contributed by atoms with van der Waals surface area (Å²) in [6.45, 7) is 0. The van der Waals surface area contributed by atoms with Crippen molar-refractivity contribution in [3.05, 3.63) is 26.6 Å². The molecule has 2 aromatic rings. The minimum Gasteiger partial charge on any atom is -0.288 e. The number of nitrogen functional groups attached to an aromatic ring is 1. The molecule has 0 aliphatic heterocycles. The molecular weight excluding hydrogens is 300 g/mol. The molecule has 0 radical (unpaired) electrons. The Balaban J connectivity index is 1.69. The summed E-state index contributed by atoms with van der Waals surface area (Å²) in [4.78, 5) is 27.1. The van der Waals surface area contributed by atoms with E-state index in [1.807, 2.05) is 5.43 Å². The second kappa shape index (κ2) is 5.38. The molecule has 1 aliphatic rings. The normalized spacial score (nSPS) is 14.4. The Labute approximate surface area is 121 Å². The molecule has 2 heterocycles. The first-order chi connectivity index (χ1) is 9.69. The van der Waals surface area contributed by atoms with Crippen molar-refractivity contribution in [3.63, 3.8) is 0 Å². The van der Waals surface area contributed by atoms with E-state index in [1.54, 1.807) is 9.95 Å². The third-order valence-corrected chi connectivity index (χ3v) is 4.69. The quantitative estimate of drug-likeness (QED) is 0.315. The number of carbonyl (C=O) groups is 1. The van der Waals surface area contributed by atoms with E-state index < -0.39 is 5.91 Å². The van der Waals surface area contributed by atoms with Crippen LogP contribution in [0.15, 0.2) is 15.3 Å². The number of thioether (sulfide) groups is 1. The highest BCUT2D eigenvalue weighted by atomic mass is 32.2. The average molecular weight is 312 g/mol. The third-order valence-electron chi connectivity index (χ3n) is 2.81. The van der Waals surface area contributed by atoms with Gasteiger partial charge in [-0.2, -0.15) is 0 Å². The lowest BCUT2D eigenvalue weighted by Gasteiger charge is -2.01. The molecule has 0 atom stereocenters. The predicted octanol–water partition coefficient (Wildman–Crippen LogP) is 0.259. The molecule has 106 valence electrons. The van der Waals surface area contributed by atoms with Crippen LogP contribution in [0.4, 0.5) is 0 Å². The number of hydrazine groups is 1. The van der Waals surface area contributed by atoms with Crippen molar-refractivity contribution in [2.24, 2.45) is 5.84 Å². The molecule has 0 unspecified atom stereocenters. The van der Waals surface area contributed by atoms with Crippen molar-refractivity contribution in [1.29, 1.82) is 0 Å². The summed E-state index contributed by atoms with van der Waals surface area (Å²) in [5, 5.41) is 9.26. The summed E-state index contributed by atoms with van der Waals surface area (Å²) in [7, 11) is 0. The minimum absolute atomic E-state index is 0.170. The van der Waals surface area contributed by atoms with Crippen LogP contribution in [0.25, 0.3) is 0 Å². The standard InChI is InChI=1S/C10H12N6O2S2/c11-13-7(17)8-12-5(3-19-8)4-20-10-15-14-9(18)16(10)6-1-2-6/h3,6H,1-2,4,11H2,(H,13,17)(H,14,18). The van der Waals surface area contributed by atoms with E-state index in [0.29, 0.717) is 15.9 Å². The van der Waals surface area contributed by atoms with E-state index in [0.717, 1.165) is 18.5 Å². The first kappa shape index (κ1) is 13.3. The number of thiazole rings is 1. The Morgan fingerprint density at radius 2 is 2.45 bits per heavy atom. The van der Waals surface area contributed by atoms with Crippen LogP contribution in [0.2, 0.25) is 0 Å². The van der Waals surface area contributed by atoms with Gasteiger partial charge in [-0.25, -0.2) is 20.7 Å². The molecule has 0 saturated heterocycles. The van der Waals surface area contributed by atoms with E-state index in [4.69, 9.17) is 5.84 Å². The van der Waals surface area contributed by atoms with Crippen molar-refractivity contribution in [3.8, 4) is 0 Å². The minimum atomic E-state index is -0.402. The fraction of sp³-hybridized carbons (Fsp3) is 0.400. The Bertz CT molecular complexity index is 686. The Morgan fingerprint density at radius 3 is 3.15 bits per heavy atom. The first-order valence-corrected chi connectivity index (χ1v) is 7.80. The lowest BCUT2D eigenvalue weighted by molar-refractivity contribution is 0.0953. The van der Waals surface area contributed by atoms with Crippen LogP contribution < -0.4 is 17.0 Å². The number of amides is 1. The fourth-order valence-electron chi connectivity index (χ4n) is 1.72. The summed E-state index contributed by atoms with van der Waals surface area (Å²) in [5.41, 5.74) is 2.63. The van der Waals surface area contributed by atoms with Crippen LogP contribution in [0.3, 0.4) is 0 Å². The number of hydrogen-bond acceptors (Lipinski definition) is 7. The van der Waals surface area contributed by atoms with E-state index in [1.165, 1.54) is 23.1 Å². The number of nitrogens with zero attached hydrogens (tertiary/aromatic N) is 3. The molecule has 8 nitrogen and oxygen atoms in total. The molecule has 3 rings (SSSR count). The smallest absolute Gasteiger partial charge is 0.288 e. The molecule has 1 fully saturated rings. The topological polar surface area (TPSA) is 119 Å². The van der Waals surface area contributed by atoms with Crippen LogP contribution >= 0.6 is 23.1 Å². The molecule has 10 heteroatoms. The summed E-state index contributed by atoms with van der Waals surface area (Å²) < 4.78 is 1.69. The lowest BCUT2D eigenvalue weighted by atomic mass is 10.5. The molecule has 1 saturated carbocycles. The zero-order chi connectivity index (χ0) is 14.1. The monoisotopic (exact) mass is 312 g/mol. The van der Waals surface area contributed by atoms with Gasteiger partial charge >= 0.3 is 5.69 Å². The maximum atomic E-state index is 11.6. The molecule has 1 aliphatic carbocycles. The van der Waals surface area contributed by atoms with Crippen LogP contribution in [-0.4, -0.2) is 25.7 Å². The van der Waals surface area contributed by atoms with Gasteiger partial charge in [0.2, 0.25) is 0 Å². The van der Waals surface area contributed by atoms with E-state index >= 15 is 0 Å². The maximum Gasteiger partial charge on any atom is 0.344 e. The predicted molar refractivity (Wildman–Crippen MR) is 74.4 cm³/mol. The summed E-state index contributed by atoms with van der Waals surface area (Å²) in [6, 6.07) is 0.276. The molecule has 4 N–H and O–H groups in total. The van der Waals surface area contributed by atoms with Crippen LogP contribution in [-0.2, 0) is 5.75 Å². The maximum absolute atomic E-state index is 11.6. The van der Waals surface area contributed by atoms with Gasteiger partial charge in [-0.15, -0.1) is 16.4 Å². The molecule has 0 bridgehead atoms. The third kappa shape index (κ3) is 2.62. The summed E-state index contributed by atoms with van der Waals surface area (Å²) in [5.74, 6) is 5.20. The van der Waals surface area contributed by atoms with Gasteiger partial charge in [-0.1, -0.05) is 11.8 Å². The number of hydrogen-bond donors (Lipinski definition) is 3. The largest absolute Gasteiger partial charge is 0.344 e. The molecule has 0 spiro atoms. The number of aromatic amines is 1. The first-order valence-electron chi connectivity index (χ1n) is 5.94. The van der Waals surface area contributed by atoms with Gasteiger partial charge in [-0.05, 0) is 12.8 Å². The highest BCUT2D eigenvalue weighted by Crippen LogP contribution is 2.36. The van der Waals surface area contributed by atoms with Crippen LogP contribution in [0.5, 0.6) is 0 Å². The van der Waals surface area contributed by atoms with Crippen LogP contribution in [0.1, 0.15) is 34.4 Å². The Hall–Kier alpha value is -1.65. The number of carbonyl (C=O) groups excluding carboxylic acids is 1. The number of nitrogens with two attached hydrogens (primary N) is 1. The lowest BCUT2D eigenvalue weighted by Crippen LogP contribution is -2.29. The van der Waals surface area contributed by atoms with E-state index in [2.05, 4.69) is 15.2 Å². The molecule has 1 amide bonds. The number of rotatable bonds is 5. The molecule has 0 aromatic carbocycles. The number of aromatic nitrogens is 4. The molecule has 20 heavy (non-hydrogen) atoms. The summed E-state index contributed by atoms with van der Waals surface area (Å²) in [6.07, 6.45) is 2.04. The second-order valence-electron chi connectivity index (χ2n) is 4.32. The van der Waals surface area contributed by atoms with Crippen molar-refractivity contribution < 1.29 is 4.79 Å². The van der Waals surface area contributed by atoms with Crippen molar-refractivity contribution in [2.75, 3.05) is 0 Å². The van der Waals surface area contributed by atoms with Crippen molar-refractivity contribution in [2.45, 2.75) is 29.8 Å². The number of H-pyrrole nitrogens is 1.